The Balaban J connectivity index is 0.00000189. The first kappa shape index (κ1) is 38.4. The predicted molar refractivity (Wildman–Crippen MR) is 179 cm³/mol. The smallest absolute Gasteiger partial charge is 0.407 e. The van der Waals surface area contributed by atoms with Gasteiger partial charge in [-0.15, -0.1) is 0 Å². The van der Waals surface area contributed by atoms with Gasteiger partial charge in [-0.2, -0.15) is 0 Å². The normalized spacial score (nSPS) is 11.8. The maximum absolute atomic E-state index is 13.6. The fourth-order valence-corrected chi connectivity index (χ4v) is 4.08. The van der Waals surface area contributed by atoms with E-state index in [1.165, 1.54) is 7.11 Å². The quantitative estimate of drug-likeness (QED) is 0.0950. The van der Waals surface area contributed by atoms with E-state index in [-0.39, 0.29) is 18.8 Å². The molecule has 0 aromatic heterocycles. The molecule has 0 spiro atoms. The van der Waals surface area contributed by atoms with Crippen molar-refractivity contribution in [2.45, 2.75) is 58.4 Å². The Morgan fingerprint density at radius 3 is 2.10 bits per heavy atom. The van der Waals surface area contributed by atoms with E-state index in [0.717, 1.165) is 12.5 Å². The number of anilines is 1. The number of amides is 2. The van der Waals surface area contributed by atoms with Gasteiger partial charge >= 0.3 is 12.1 Å². The molecule has 14 nitrogen and oxygen atoms in total. The number of hydrogen-bond donors (Lipinski definition) is 7. The molecule has 0 aliphatic carbocycles. The standard InChI is InChI=1S/C32H39N5O7.C2H4O2/c1-32(2,3)44-31(41)35-17-16-24(30(39)40)37-29(38)27(36-23-13-10-21(11-14-23)28(33)34)22-12-15-25(26(18-22)42-4)43-19-20-8-6-5-7-9-20;1-2(3)4/h5-15,18,24,27,36H,16-17,19H2,1-4H3,(H3,33,34)(H,35,41)(H,37,38)(H,39,40);1H3,(H,3,4)/t24-,27-;/m0./s1. The topological polar surface area (TPSA) is 222 Å². The summed E-state index contributed by atoms with van der Waals surface area (Å²) < 4.78 is 16.7. The number of nitrogen functional groups attached to an aromatic ring is 1. The van der Waals surface area contributed by atoms with Gasteiger partial charge in [0, 0.05) is 24.7 Å². The molecule has 0 bridgehead atoms. The number of amidine groups is 1. The Labute approximate surface area is 279 Å². The average Bonchev–Trinajstić information content (AvgIpc) is 3.01. The van der Waals surface area contributed by atoms with Crippen LogP contribution in [0.3, 0.4) is 0 Å². The number of methoxy groups -OCH3 is 1. The summed E-state index contributed by atoms with van der Waals surface area (Å²) in [6, 6.07) is 18.8. The Kier molecular flexibility index (Phi) is 14.7. The number of carboxylic acids is 2. The lowest BCUT2D eigenvalue weighted by atomic mass is 10.0. The van der Waals surface area contributed by atoms with E-state index in [1.807, 2.05) is 30.3 Å². The van der Waals surface area contributed by atoms with Crippen LogP contribution in [-0.4, -0.2) is 65.3 Å². The molecule has 0 unspecified atom stereocenters. The lowest BCUT2D eigenvalue weighted by molar-refractivity contribution is -0.142. The van der Waals surface area contributed by atoms with E-state index < -0.39 is 41.6 Å². The highest BCUT2D eigenvalue weighted by Crippen LogP contribution is 2.32. The number of carboxylic acid groups (broad SMARTS) is 2. The number of hydrogen-bond acceptors (Lipinski definition) is 9. The summed E-state index contributed by atoms with van der Waals surface area (Å²) in [5.41, 5.74) is 7.32. The van der Waals surface area contributed by atoms with Crippen LogP contribution in [0.25, 0.3) is 0 Å². The number of nitrogens with one attached hydrogen (secondary N) is 4. The molecule has 3 rings (SSSR count). The van der Waals surface area contributed by atoms with Crippen molar-refractivity contribution in [1.29, 1.82) is 5.41 Å². The first-order valence-electron chi connectivity index (χ1n) is 14.8. The van der Waals surface area contributed by atoms with Gasteiger partial charge in [0.2, 0.25) is 5.91 Å². The number of aliphatic carboxylic acids is 2. The summed E-state index contributed by atoms with van der Waals surface area (Å²) in [5.74, 6) is -2.00. The molecule has 0 saturated carbocycles. The number of alkyl carbamates (subject to hydrolysis) is 1. The summed E-state index contributed by atoms with van der Waals surface area (Å²) in [4.78, 5) is 46.7. The van der Waals surface area contributed by atoms with Gasteiger partial charge < -0.3 is 46.1 Å². The van der Waals surface area contributed by atoms with Crippen molar-refractivity contribution < 1.29 is 43.6 Å². The zero-order valence-electron chi connectivity index (χ0n) is 27.5. The summed E-state index contributed by atoms with van der Waals surface area (Å²) in [6.07, 6.45) is -0.779. The molecule has 2 atom stereocenters. The number of ether oxygens (including phenoxy) is 3. The molecule has 0 radical (unpaired) electrons. The Morgan fingerprint density at radius 1 is 0.938 bits per heavy atom. The number of benzene rings is 3. The van der Waals surface area contributed by atoms with Crippen molar-refractivity contribution in [3.8, 4) is 11.5 Å². The zero-order chi connectivity index (χ0) is 35.9. The summed E-state index contributed by atoms with van der Waals surface area (Å²) in [7, 11) is 1.48. The number of rotatable bonds is 14. The van der Waals surface area contributed by atoms with Crippen LogP contribution < -0.4 is 31.2 Å². The average molecular weight is 666 g/mol. The molecular formula is C34H43N5O9. The summed E-state index contributed by atoms with van der Waals surface area (Å²) in [6.45, 7) is 6.48. The Hall–Kier alpha value is -5.79. The van der Waals surface area contributed by atoms with Gasteiger partial charge in [-0.1, -0.05) is 36.4 Å². The minimum atomic E-state index is -1.31. The van der Waals surface area contributed by atoms with Crippen molar-refractivity contribution in [2.75, 3.05) is 19.0 Å². The van der Waals surface area contributed by atoms with Crippen LogP contribution in [0.2, 0.25) is 0 Å². The van der Waals surface area contributed by atoms with Crippen molar-refractivity contribution in [1.82, 2.24) is 10.6 Å². The van der Waals surface area contributed by atoms with Gasteiger partial charge in [-0.3, -0.25) is 15.0 Å². The monoisotopic (exact) mass is 665 g/mol. The molecular weight excluding hydrogens is 622 g/mol. The number of nitrogens with two attached hydrogens (primary N) is 1. The Morgan fingerprint density at radius 2 is 1.56 bits per heavy atom. The highest BCUT2D eigenvalue weighted by molar-refractivity contribution is 5.95. The molecule has 8 N–H and O–H groups in total. The summed E-state index contributed by atoms with van der Waals surface area (Å²) in [5, 5.41) is 33.1. The lowest BCUT2D eigenvalue weighted by Gasteiger charge is -2.24. The fraction of sp³-hybridized carbons (Fsp3) is 0.324. The third-order valence-corrected chi connectivity index (χ3v) is 6.24. The van der Waals surface area contributed by atoms with E-state index >= 15 is 0 Å². The SMILES string of the molecule is CC(=O)O.COc1cc([C@H](Nc2ccc(C(=N)N)cc2)C(=O)N[C@@H](CCNC(=O)OC(C)(C)C)C(=O)O)ccc1OCc1ccccc1. The molecule has 0 fully saturated rings. The molecule has 0 aliphatic heterocycles. The van der Waals surface area contributed by atoms with Gasteiger partial charge in [0.25, 0.3) is 5.97 Å². The van der Waals surface area contributed by atoms with Crippen molar-refractivity contribution in [2.24, 2.45) is 5.73 Å². The highest BCUT2D eigenvalue weighted by atomic mass is 16.6. The number of carbonyl (C=O) groups is 4. The van der Waals surface area contributed by atoms with Gasteiger partial charge in [0.1, 0.15) is 30.1 Å². The summed E-state index contributed by atoms with van der Waals surface area (Å²) >= 11 is 0. The molecule has 2 amide bonds. The lowest BCUT2D eigenvalue weighted by Crippen LogP contribution is -2.46. The predicted octanol–water partition coefficient (Wildman–Crippen LogP) is 4.29. The van der Waals surface area contributed by atoms with Crippen LogP contribution in [0.5, 0.6) is 11.5 Å². The third kappa shape index (κ3) is 13.7. The van der Waals surface area contributed by atoms with E-state index in [9.17, 15) is 19.5 Å². The van der Waals surface area contributed by atoms with Crippen LogP contribution in [0.4, 0.5) is 10.5 Å². The minimum Gasteiger partial charge on any atom is -0.493 e. The molecule has 258 valence electrons. The second-order valence-corrected chi connectivity index (χ2v) is 11.4. The Bertz CT molecular complexity index is 1540. The maximum Gasteiger partial charge on any atom is 0.407 e. The van der Waals surface area contributed by atoms with Crippen molar-refractivity contribution >= 4 is 35.5 Å². The molecule has 14 heteroatoms. The largest absolute Gasteiger partial charge is 0.493 e. The van der Waals surface area contributed by atoms with Crippen LogP contribution >= 0.6 is 0 Å². The van der Waals surface area contributed by atoms with Gasteiger partial charge in [-0.25, -0.2) is 9.59 Å². The van der Waals surface area contributed by atoms with E-state index in [4.69, 9.17) is 35.3 Å². The fourth-order valence-electron chi connectivity index (χ4n) is 4.08. The van der Waals surface area contributed by atoms with Gasteiger partial charge in [0.15, 0.2) is 11.5 Å². The highest BCUT2D eigenvalue weighted by Gasteiger charge is 2.28. The molecule has 0 aliphatic rings. The van der Waals surface area contributed by atoms with Crippen LogP contribution in [0.15, 0.2) is 72.8 Å². The van der Waals surface area contributed by atoms with Gasteiger partial charge in [-0.05, 0) is 74.7 Å². The van der Waals surface area contributed by atoms with E-state index in [2.05, 4.69) is 16.0 Å². The third-order valence-electron chi connectivity index (χ3n) is 6.24. The first-order valence-corrected chi connectivity index (χ1v) is 14.8. The second-order valence-electron chi connectivity index (χ2n) is 11.4. The zero-order valence-corrected chi connectivity index (χ0v) is 27.5. The van der Waals surface area contributed by atoms with Crippen molar-refractivity contribution in [3.05, 3.63) is 89.5 Å². The van der Waals surface area contributed by atoms with Crippen LogP contribution in [-0.2, 0) is 25.7 Å². The maximum atomic E-state index is 13.6. The number of carbonyl (C=O) groups excluding carboxylic acids is 2. The second kappa shape index (κ2) is 18.4. The minimum absolute atomic E-state index is 0.0436. The van der Waals surface area contributed by atoms with Crippen LogP contribution in [0.1, 0.15) is 56.8 Å². The van der Waals surface area contributed by atoms with Crippen molar-refractivity contribution in [3.63, 3.8) is 0 Å². The molecule has 3 aromatic rings. The first-order chi connectivity index (χ1) is 22.6. The molecule has 0 saturated heterocycles. The molecule has 0 heterocycles. The molecule has 3 aromatic carbocycles. The molecule has 48 heavy (non-hydrogen) atoms. The van der Waals surface area contributed by atoms with Gasteiger partial charge in [0.05, 0.1) is 7.11 Å². The van der Waals surface area contributed by atoms with E-state index in [0.29, 0.717) is 34.9 Å². The van der Waals surface area contributed by atoms with E-state index in [1.54, 1.807) is 63.2 Å². The van der Waals surface area contributed by atoms with Crippen LogP contribution in [0, 0.1) is 5.41 Å².